The number of rotatable bonds is 5. The lowest BCUT2D eigenvalue weighted by molar-refractivity contribution is 0.574. The van der Waals surface area contributed by atoms with Gasteiger partial charge in [-0.25, -0.2) is 4.98 Å². The first-order valence-electron chi connectivity index (χ1n) is 5.81. The first-order chi connectivity index (χ1) is 8.24. The molecule has 2 aromatic heterocycles. The maximum Gasteiger partial charge on any atom is 0.264 e. The number of nitrogens with two attached hydrogens (primary N) is 1. The molecule has 2 rings (SSSR count). The summed E-state index contributed by atoms with van der Waals surface area (Å²) in [6.07, 6.45) is 6.14. The van der Waals surface area contributed by atoms with Gasteiger partial charge in [-0.3, -0.25) is 14.0 Å². The van der Waals surface area contributed by atoms with Crippen LogP contribution in [0, 0.1) is 0 Å². The third-order valence-electron chi connectivity index (χ3n) is 2.82. The van der Waals surface area contributed by atoms with E-state index >= 15 is 0 Å². The summed E-state index contributed by atoms with van der Waals surface area (Å²) >= 11 is 0. The first-order valence-corrected chi connectivity index (χ1v) is 5.81. The van der Waals surface area contributed by atoms with E-state index in [1.807, 2.05) is 0 Å². The van der Waals surface area contributed by atoms with Crippen LogP contribution in [0.4, 0.5) is 0 Å². The van der Waals surface area contributed by atoms with Crippen molar-refractivity contribution < 1.29 is 0 Å². The molecule has 17 heavy (non-hydrogen) atoms. The Balaban J connectivity index is 2.18. The Kier molecular flexibility index (Phi) is 3.53. The maximum absolute atomic E-state index is 12.1. The second-order valence-corrected chi connectivity index (χ2v) is 4.10. The molecule has 92 valence electrons. The summed E-state index contributed by atoms with van der Waals surface area (Å²) in [7, 11) is 1.78. The molecular weight excluding hydrogens is 218 g/mol. The quantitative estimate of drug-likeness (QED) is 0.754. The fourth-order valence-corrected chi connectivity index (χ4v) is 1.83. The van der Waals surface area contributed by atoms with Crippen LogP contribution in [-0.2, 0) is 13.6 Å². The normalized spacial score (nSPS) is 11.2. The number of aromatic nitrogens is 4. The van der Waals surface area contributed by atoms with Crippen molar-refractivity contribution >= 4 is 11.0 Å². The summed E-state index contributed by atoms with van der Waals surface area (Å²) in [6, 6.07) is 0. The van der Waals surface area contributed by atoms with Gasteiger partial charge in [0.2, 0.25) is 0 Å². The van der Waals surface area contributed by atoms with Gasteiger partial charge >= 0.3 is 0 Å². The average Bonchev–Trinajstić information content (AvgIpc) is 2.70. The Labute approximate surface area is 99.1 Å². The van der Waals surface area contributed by atoms with Gasteiger partial charge in [0, 0.05) is 13.6 Å². The Morgan fingerprint density at radius 1 is 1.35 bits per heavy atom. The highest BCUT2D eigenvalue weighted by Gasteiger charge is 2.07. The number of nitrogens with zero attached hydrogens (tertiary/aromatic N) is 4. The van der Waals surface area contributed by atoms with Gasteiger partial charge in [0.15, 0.2) is 5.65 Å². The molecule has 2 aromatic rings. The zero-order valence-electron chi connectivity index (χ0n) is 9.96. The third kappa shape index (κ3) is 2.36. The van der Waals surface area contributed by atoms with E-state index in [9.17, 15) is 4.79 Å². The van der Waals surface area contributed by atoms with Gasteiger partial charge in [-0.2, -0.15) is 5.10 Å². The van der Waals surface area contributed by atoms with Crippen LogP contribution < -0.4 is 11.3 Å². The third-order valence-corrected chi connectivity index (χ3v) is 2.82. The fraction of sp³-hybridized carbons (Fsp3) is 0.545. The fourth-order valence-electron chi connectivity index (χ4n) is 1.83. The van der Waals surface area contributed by atoms with E-state index in [1.165, 1.54) is 0 Å². The summed E-state index contributed by atoms with van der Waals surface area (Å²) in [5.74, 6) is 0. The zero-order valence-corrected chi connectivity index (χ0v) is 9.96. The monoisotopic (exact) mass is 235 g/mol. The van der Waals surface area contributed by atoms with E-state index in [0.29, 0.717) is 24.1 Å². The predicted octanol–water partition coefficient (Wildman–Crippen LogP) is 0.259. The molecule has 0 saturated heterocycles. The average molecular weight is 235 g/mol. The van der Waals surface area contributed by atoms with Crippen LogP contribution in [0.2, 0.25) is 0 Å². The second kappa shape index (κ2) is 5.09. The summed E-state index contributed by atoms with van der Waals surface area (Å²) in [4.78, 5) is 16.3. The second-order valence-electron chi connectivity index (χ2n) is 4.10. The molecule has 0 spiro atoms. The van der Waals surface area contributed by atoms with Crippen molar-refractivity contribution in [1.29, 1.82) is 0 Å². The van der Waals surface area contributed by atoms with E-state index in [2.05, 4.69) is 10.1 Å². The van der Waals surface area contributed by atoms with Crippen molar-refractivity contribution in [2.75, 3.05) is 6.54 Å². The van der Waals surface area contributed by atoms with Gasteiger partial charge in [-0.05, 0) is 19.4 Å². The predicted molar refractivity (Wildman–Crippen MR) is 65.7 cm³/mol. The first kappa shape index (κ1) is 11.8. The number of hydrogen-bond donors (Lipinski definition) is 1. The van der Waals surface area contributed by atoms with Gasteiger partial charge in [0.05, 0.1) is 12.5 Å². The van der Waals surface area contributed by atoms with Crippen LogP contribution >= 0.6 is 0 Å². The molecule has 0 aliphatic rings. The lowest BCUT2D eigenvalue weighted by atomic mass is 10.2. The molecule has 0 aromatic carbocycles. The van der Waals surface area contributed by atoms with Crippen molar-refractivity contribution in [3.8, 4) is 0 Å². The molecule has 0 aliphatic heterocycles. The molecule has 0 atom stereocenters. The minimum Gasteiger partial charge on any atom is -0.330 e. The van der Waals surface area contributed by atoms with Crippen LogP contribution in [0.1, 0.15) is 19.3 Å². The molecule has 0 saturated carbocycles. The van der Waals surface area contributed by atoms with E-state index < -0.39 is 0 Å². The molecule has 6 heteroatoms. The molecule has 0 bridgehead atoms. The Morgan fingerprint density at radius 3 is 2.94 bits per heavy atom. The summed E-state index contributed by atoms with van der Waals surface area (Å²) in [5.41, 5.74) is 6.04. The van der Waals surface area contributed by atoms with Gasteiger partial charge in [-0.1, -0.05) is 6.42 Å². The molecule has 0 amide bonds. The summed E-state index contributed by atoms with van der Waals surface area (Å²) < 4.78 is 3.25. The van der Waals surface area contributed by atoms with Crippen LogP contribution in [0.5, 0.6) is 0 Å². The SMILES string of the molecule is Cn1ncc2c(=O)n(CCCCCN)cnc21. The van der Waals surface area contributed by atoms with Gasteiger partial charge in [-0.15, -0.1) is 0 Å². The van der Waals surface area contributed by atoms with E-state index in [1.54, 1.807) is 28.8 Å². The molecule has 2 heterocycles. The zero-order chi connectivity index (χ0) is 12.3. The number of unbranched alkanes of at least 4 members (excludes halogenated alkanes) is 2. The number of hydrogen-bond acceptors (Lipinski definition) is 4. The number of aryl methyl sites for hydroxylation is 2. The highest BCUT2D eigenvalue weighted by molar-refractivity contribution is 5.72. The van der Waals surface area contributed by atoms with E-state index in [0.717, 1.165) is 19.3 Å². The van der Waals surface area contributed by atoms with Crippen LogP contribution in [0.3, 0.4) is 0 Å². The van der Waals surface area contributed by atoms with Crippen LogP contribution in [0.15, 0.2) is 17.3 Å². The van der Waals surface area contributed by atoms with Gasteiger partial charge < -0.3 is 5.73 Å². The molecule has 2 N–H and O–H groups in total. The Hall–Kier alpha value is -1.69. The number of fused-ring (bicyclic) bond motifs is 1. The van der Waals surface area contributed by atoms with Gasteiger partial charge in [0.25, 0.3) is 5.56 Å². The minimum absolute atomic E-state index is 0.0177. The Morgan fingerprint density at radius 2 is 2.18 bits per heavy atom. The van der Waals surface area contributed by atoms with Crippen molar-refractivity contribution in [2.45, 2.75) is 25.8 Å². The van der Waals surface area contributed by atoms with Crippen molar-refractivity contribution in [1.82, 2.24) is 19.3 Å². The molecule has 6 nitrogen and oxygen atoms in total. The van der Waals surface area contributed by atoms with E-state index in [-0.39, 0.29) is 5.56 Å². The lowest BCUT2D eigenvalue weighted by Gasteiger charge is -2.04. The molecule has 0 unspecified atom stereocenters. The van der Waals surface area contributed by atoms with Crippen molar-refractivity contribution in [3.05, 3.63) is 22.9 Å². The van der Waals surface area contributed by atoms with E-state index in [4.69, 9.17) is 5.73 Å². The largest absolute Gasteiger partial charge is 0.330 e. The summed E-state index contributed by atoms with van der Waals surface area (Å²) in [6.45, 7) is 1.39. The Bertz CT molecular complexity index is 556. The highest BCUT2D eigenvalue weighted by atomic mass is 16.1. The van der Waals surface area contributed by atoms with Crippen LogP contribution in [-0.4, -0.2) is 25.9 Å². The molecular formula is C11H17N5O. The lowest BCUT2D eigenvalue weighted by Crippen LogP contribution is -2.20. The van der Waals surface area contributed by atoms with Gasteiger partial charge in [0.1, 0.15) is 5.39 Å². The smallest absolute Gasteiger partial charge is 0.264 e. The minimum atomic E-state index is -0.0177. The summed E-state index contributed by atoms with van der Waals surface area (Å²) in [5, 5.41) is 4.61. The standard InChI is InChI=1S/C11H17N5O/c1-15-10-9(7-14-15)11(17)16(8-13-10)6-4-2-3-5-12/h7-8H,2-6,12H2,1H3. The maximum atomic E-state index is 12.1. The van der Waals surface area contributed by atoms with Crippen LogP contribution in [0.25, 0.3) is 11.0 Å². The highest BCUT2D eigenvalue weighted by Crippen LogP contribution is 2.04. The van der Waals surface area contributed by atoms with Crippen molar-refractivity contribution in [2.24, 2.45) is 12.8 Å². The molecule has 0 aliphatic carbocycles. The van der Waals surface area contributed by atoms with Crippen molar-refractivity contribution in [3.63, 3.8) is 0 Å². The molecule has 0 radical (unpaired) electrons. The topological polar surface area (TPSA) is 78.7 Å². The molecule has 0 fully saturated rings.